The van der Waals surface area contributed by atoms with Gasteiger partial charge < -0.3 is 5.32 Å². The summed E-state index contributed by atoms with van der Waals surface area (Å²) in [7, 11) is 3.62. The van der Waals surface area contributed by atoms with Gasteiger partial charge in [0.05, 0.1) is 6.04 Å². The van der Waals surface area contributed by atoms with E-state index in [-0.39, 0.29) is 11.7 Å². The molecule has 0 aromatic carbocycles. The van der Waals surface area contributed by atoms with Gasteiger partial charge in [-0.15, -0.1) is 0 Å². The van der Waals surface area contributed by atoms with Crippen LogP contribution < -0.4 is 5.32 Å². The number of hydrogen-bond acceptors (Lipinski definition) is 3. The molecule has 1 N–H and O–H groups in total. The Bertz CT molecular complexity index is 364. The molecule has 1 aliphatic heterocycles. The van der Waals surface area contributed by atoms with Gasteiger partial charge in [0.25, 0.3) is 6.43 Å². The third kappa shape index (κ3) is 2.08. The third-order valence-corrected chi connectivity index (χ3v) is 2.96. The fraction of sp³-hybridized carbons (Fsp3) is 0.700. The fourth-order valence-electron chi connectivity index (χ4n) is 2.10. The van der Waals surface area contributed by atoms with Crippen molar-refractivity contribution < 1.29 is 8.78 Å². The molecule has 1 saturated heterocycles. The van der Waals surface area contributed by atoms with Crippen molar-refractivity contribution in [3.8, 4) is 0 Å². The molecular weight excluding hydrogens is 214 g/mol. The van der Waals surface area contributed by atoms with Crippen molar-refractivity contribution in [2.45, 2.75) is 12.5 Å². The zero-order valence-corrected chi connectivity index (χ0v) is 9.45. The Morgan fingerprint density at radius 2 is 2.25 bits per heavy atom. The minimum absolute atomic E-state index is 0.00792. The maximum Gasteiger partial charge on any atom is 0.282 e. The first-order valence-electron chi connectivity index (χ1n) is 5.32. The minimum atomic E-state index is -2.51. The highest BCUT2D eigenvalue weighted by Crippen LogP contribution is 2.29. The molecule has 0 saturated carbocycles. The Balaban J connectivity index is 2.30. The number of hydrogen-bond donors (Lipinski definition) is 1. The van der Waals surface area contributed by atoms with Gasteiger partial charge in [0.15, 0.2) is 0 Å². The Hall–Kier alpha value is -1.01. The van der Waals surface area contributed by atoms with Crippen LogP contribution in [0.25, 0.3) is 0 Å². The monoisotopic (exact) mass is 230 g/mol. The van der Waals surface area contributed by atoms with E-state index in [1.54, 1.807) is 13.2 Å². The number of nitrogens with one attached hydrogen (secondary N) is 1. The summed E-state index contributed by atoms with van der Waals surface area (Å²) >= 11 is 0. The number of halogens is 2. The van der Waals surface area contributed by atoms with Crippen LogP contribution in [-0.2, 0) is 7.05 Å². The molecule has 0 aliphatic carbocycles. The van der Waals surface area contributed by atoms with Gasteiger partial charge in [-0.1, -0.05) is 0 Å². The molecule has 2 rings (SSSR count). The number of rotatable bonds is 2. The summed E-state index contributed by atoms with van der Waals surface area (Å²) in [4.78, 5) is 2.08. The van der Waals surface area contributed by atoms with Crippen LogP contribution in [0.2, 0.25) is 0 Å². The second kappa shape index (κ2) is 4.47. The van der Waals surface area contributed by atoms with Crippen molar-refractivity contribution in [2.75, 3.05) is 26.7 Å². The predicted molar refractivity (Wildman–Crippen MR) is 56.4 cm³/mol. The van der Waals surface area contributed by atoms with E-state index in [1.807, 2.05) is 7.05 Å². The van der Waals surface area contributed by atoms with Crippen LogP contribution in [0.15, 0.2) is 6.20 Å². The molecule has 0 bridgehead atoms. The largest absolute Gasteiger partial charge is 0.314 e. The second-order valence-electron chi connectivity index (χ2n) is 4.14. The van der Waals surface area contributed by atoms with Crippen molar-refractivity contribution in [2.24, 2.45) is 7.05 Å². The number of piperazine rings is 1. The zero-order valence-electron chi connectivity index (χ0n) is 9.45. The average Bonchev–Trinajstić information content (AvgIpc) is 2.61. The fourth-order valence-corrected chi connectivity index (χ4v) is 2.10. The van der Waals surface area contributed by atoms with Crippen LogP contribution in [0.3, 0.4) is 0 Å². The van der Waals surface area contributed by atoms with E-state index in [0.717, 1.165) is 13.1 Å². The molecule has 16 heavy (non-hydrogen) atoms. The van der Waals surface area contributed by atoms with Gasteiger partial charge in [-0.3, -0.25) is 9.58 Å². The van der Waals surface area contributed by atoms with Gasteiger partial charge in [-0.05, 0) is 7.05 Å². The van der Waals surface area contributed by atoms with Crippen molar-refractivity contribution in [3.05, 3.63) is 17.5 Å². The summed E-state index contributed by atoms with van der Waals surface area (Å²) in [5, 5.41) is 7.05. The second-order valence-corrected chi connectivity index (χ2v) is 4.14. The van der Waals surface area contributed by atoms with Crippen molar-refractivity contribution in [3.63, 3.8) is 0 Å². The molecule has 0 spiro atoms. The lowest BCUT2D eigenvalue weighted by molar-refractivity contribution is 0.138. The van der Waals surface area contributed by atoms with E-state index in [1.165, 1.54) is 4.68 Å². The lowest BCUT2D eigenvalue weighted by atomic mass is 10.0. The van der Waals surface area contributed by atoms with Crippen LogP contribution in [0.4, 0.5) is 8.78 Å². The summed E-state index contributed by atoms with van der Waals surface area (Å²) in [5.74, 6) is 0. The standard InChI is InChI=1S/C10H16F2N4/c1-15-4-3-13-5-8(15)7-6-16(2)14-9(7)10(11)12/h6,8,10,13H,3-5H2,1-2H3. The van der Waals surface area contributed by atoms with Crippen LogP contribution in [0.5, 0.6) is 0 Å². The molecule has 4 nitrogen and oxygen atoms in total. The lowest BCUT2D eigenvalue weighted by Gasteiger charge is -2.32. The first-order valence-corrected chi connectivity index (χ1v) is 5.32. The number of alkyl halides is 2. The number of aromatic nitrogens is 2. The van der Waals surface area contributed by atoms with Crippen molar-refractivity contribution in [1.29, 1.82) is 0 Å². The zero-order chi connectivity index (χ0) is 11.7. The molecule has 0 amide bonds. The molecule has 1 aromatic heterocycles. The summed E-state index contributed by atoms with van der Waals surface area (Å²) in [6.07, 6.45) is -0.818. The normalized spacial score (nSPS) is 22.9. The molecular formula is C10H16F2N4. The Labute approximate surface area is 93.2 Å². The first kappa shape index (κ1) is 11.5. The third-order valence-electron chi connectivity index (χ3n) is 2.96. The van der Waals surface area contributed by atoms with Crippen LogP contribution in [0, 0.1) is 0 Å². The number of likely N-dealkylation sites (N-methyl/N-ethyl adjacent to an activating group) is 1. The van der Waals surface area contributed by atoms with Crippen LogP contribution in [0.1, 0.15) is 23.7 Å². The van der Waals surface area contributed by atoms with Gasteiger partial charge in [0.1, 0.15) is 5.69 Å². The predicted octanol–water partition coefficient (Wildman–Crippen LogP) is 0.934. The highest BCUT2D eigenvalue weighted by atomic mass is 19.3. The maximum atomic E-state index is 12.8. The first-order chi connectivity index (χ1) is 7.59. The Morgan fingerprint density at radius 3 is 2.88 bits per heavy atom. The highest BCUT2D eigenvalue weighted by molar-refractivity contribution is 5.23. The molecule has 1 fully saturated rings. The Morgan fingerprint density at radius 1 is 1.50 bits per heavy atom. The van der Waals surface area contributed by atoms with E-state index in [4.69, 9.17) is 0 Å². The molecule has 90 valence electrons. The SMILES string of the molecule is CN1CCNCC1c1cn(C)nc1C(F)F. The molecule has 1 unspecified atom stereocenters. The van der Waals surface area contributed by atoms with Gasteiger partial charge in [0.2, 0.25) is 0 Å². The topological polar surface area (TPSA) is 33.1 Å². The summed E-state index contributed by atoms with van der Waals surface area (Å²) in [6.45, 7) is 2.46. The molecule has 1 aliphatic rings. The van der Waals surface area contributed by atoms with Crippen molar-refractivity contribution in [1.82, 2.24) is 20.0 Å². The van der Waals surface area contributed by atoms with Gasteiger partial charge in [0, 0.05) is 38.4 Å². The maximum absolute atomic E-state index is 12.8. The molecule has 2 heterocycles. The summed E-state index contributed by atoms with van der Waals surface area (Å²) in [5.41, 5.74) is 0.537. The van der Waals surface area contributed by atoms with Gasteiger partial charge >= 0.3 is 0 Å². The summed E-state index contributed by atoms with van der Waals surface area (Å²) < 4.78 is 27.1. The van der Waals surface area contributed by atoms with E-state index in [9.17, 15) is 8.78 Å². The molecule has 1 aromatic rings. The smallest absolute Gasteiger partial charge is 0.282 e. The lowest BCUT2D eigenvalue weighted by Crippen LogP contribution is -2.44. The Kier molecular flexibility index (Phi) is 3.20. The van der Waals surface area contributed by atoms with Crippen LogP contribution >= 0.6 is 0 Å². The van der Waals surface area contributed by atoms with Crippen molar-refractivity contribution >= 4 is 0 Å². The molecule has 0 radical (unpaired) electrons. The number of nitrogens with zero attached hydrogens (tertiary/aromatic N) is 3. The average molecular weight is 230 g/mol. The number of aryl methyl sites for hydroxylation is 1. The minimum Gasteiger partial charge on any atom is -0.314 e. The van der Waals surface area contributed by atoms with Crippen LogP contribution in [-0.4, -0.2) is 41.4 Å². The van der Waals surface area contributed by atoms with E-state index < -0.39 is 6.43 Å². The highest BCUT2D eigenvalue weighted by Gasteiger charge is 2.28. The molecule has 1 atom stereocenters. The van der Waals surface area contributed by atoms with E-state index in [2.05, 4.69) is 15.3 Å². The van der Waals surface area contributed by atoms with E-state index in [0.29, 0.717) is 12.1 Å². The van der Waals surface area contributed by atoms with E-state index >= 15 is 0 Å². The quantitative estimate of drug-likeness (QED) is 0.820. The summed E-state index contributed by atoms with van der Waals surface area (Å²) in [6, 6.07) is -0.00792. The van der Waals surface area contributed by atoms with Gasteiger partial charge in [-0.2, -0.15) is 5.10 Å². The molecule has 6 heteroatoms. The van der Waals surface area contributed by atoms with Gasteiger partial charge in [-0.25, -0.2) is 8.78 Å².